The smallest absolute Gasteiger partial charge is 0.248 e. The number of hydrogen-bond acceptors (Lipinski definition) is 6. The van der Waals surface area contributed by atoms with Gasteiger partial charge in [-0.05, 0) is 67.3 Å². The Morgan fingerprint density at radius 1 is 1.08 bits per heavy atom. The third-order valence-corrected chi connectivity index (χ3v) is 8.70. The number of carbonyl (C=O) groups is 1. The zero-order valence-corrected chi connectivity index (χ0v) is 22.8. The molecule has 2 fully saturated rings. The van der Waals surface area contributed by atoms with Gasteiger partial charge in [-0.25, -0.2) is 23.1 Å². The fourth-order valence-corrected chi connectivity index (χ4v) is 6.04. The van der Waals surface area contributed by atoms with Crippen LogP contribution in [-0.2, 0) is 10.0 Å². The Hall–Kier alpha value is -3.76. The van der Waals surface area contributed by atoms with E-state index < -0.39 is 15.9 Å². The van der Waals surface area contributed by atoms with Crippen molar-refractivity contribution < 1.29 is 13.2 Å². The summed E-state index contributed by atoms with van der Waals surface area (Å²) in [5, 5.41) is 3.43. The van der Waals surface area contributed by atoms with Gasteiger partial charge in [0.15, 0.2) is 11.5 Å². The zero-order chi connectivity index (χ0) is 27.3. The summed E-state index contributed by atoms with van der Waals surface area (Å²) in [6, 6.07) is 12.6. The molecule has 0 spiro atoms. The average Bonchev–Trinajstić information content (AvgIpc) is 3.85. The lowest BCUT2D eigenvalue weighted by atomic mass is 9.98. The van der Waals surface area contributed by atoms with Gasteiger partial charge in [0.2, 0.25) is 15.9 Å². The average molecular weight is 545 g/mol. The number of primary amides is 1. The third kappa shape index (κ3) is 5.26. The van der Waals surface area contributed by atoms with E-state index in [2.05, 4.69) is 30.0 Å². The van der Waals surface area contributed by atoms with Crippen LogP contribution in [0.5, 0.6) is 0 Å². The molecule has 0 atom stereocenters. The molecule has 4 N–H and O–H groups in total. The first-order chi connectivity index (χ1) is 18.7. The molecule has 10 heteroatoms. The van der Waals surface area contributed by atoms with Crippen LogP contribution in [0.15, 0.2) is 59.8 Å². The lowest BCUT2D eigenvalue weighted by Crippen LogP contribution is -2.25. The molecule has 0 saturated heterocycles. The van der Waals surface area contributed by atoms with Gasteiger partial charge in [-0.2, -0.15) is 0 Å². The lowest BCUT2D eigenvalue weighted by molar-refractivity contribution is 0.0999. The molecular formula is C29H32N6O3S. The molecule has 39 heavy (non-hydrogen) atoms. The number of fused-ring (bicyclic) bond motifs is 1. The number of sulfonamides is 1. The normalized spacial score (nSPS) is 15.7. The van der Waals surface area contributed by atoms with Crippen molar-refractivity contribution in [2.75, 3.05) is 11.9 Å². The van der Waals surface area contributed by atoms with Crippen LogP contribution in [0.25, 0.3) is 28.2 Å². The molecule has 0 bridgehead atoms. The molecule has 0 unspecified atom stereocenters. The molecule has 6 rings (SSSR count). The van der Waals surface area contributed by atoms with Crippen molar-refractivity contribution in [3.8, 4) is 22.5 Å². The van der Waals surface area contributed by atoms with Crippen LogP contribution in [0, 0.1) is 5.92 Å². The van der Waals surface area contributed by atoms with Crippen molar-refractivity contribution in [3.63, 3.8) is 0 Å². The van der Waals surface area contributed by atoms with Crippen molar-refractivity contribution in [2.45, 2.75) is 56.4 Å². The number of amides is 1. The van der Waals surface area contributed by atoms with E-state index in [0.29, 0.717) is 34.6 Å². The molecule has 202 valence electrons. The maximum absolute atomic E-state index is 12.6. The number of anilines is 1. The number of benzene rings is 2. The van der Waals surface area contributed by atoms with E-state index in [-0.39, 0.29) is 10.9 Å². The highest BCUT2D eigenvalue weighted by molar-refractivity contribution is 7.89. The molecule has 4 aromatic rings. The first-order valence-electron chi connectivity index (χ1n) is 13.4. The van der Waals surface area contributed by atoms with Crippen LogP contribution in [0.2, 0.25) is 0 Å². The van der Waals surface area contributed by atoms with E-state index >= 15 is 0 Å². The van der Waals surface area contributed by atoms with Crippen LogP contribution in [0.4, 0.5) is 5.82 Å². The van der Waals surface area contributed by atoms with Crippen LogP contribution >= 0.6 is 0 Å². The molecule has 2 aromatic heterocycles. The van der Waals surface area contributed by atoms with Gasteiger partial charge < -0.3 is 11.1 Å². The summed E-state index contributed by atoms with van der Waals surface area (Å²) >= 11 is 0. The third-order valence-electron chi connectivity index (χ3n) is 7.16. The molecule has 2 saturated carbocycles. The number of nitrogens with one attached hydrogen (secondary N) is 2. The molecule has 9 nitrogen and oxygen atoms in total. The molecule has 0 radical (unpaired) electrons. The molecular weight excluding hydrogens is 512 g/mol. The number of imidazole rings is 1. The fourth-order valence-electron chi connectivity index (χ4n) is 4.73. The van der Waals surface area contributed by atoms with Crippen LogP contribution in [0.3, 0.4) is 0 Å². The number of carbonyl (C=O) groups excluding carboxylic acids is 1. The monoisotopic (exact) mass is 544 g/mol. The largest absolute Gasteiger partial charge is 0.367 e. The molecule has 2 aromatic carbocycles. The van der Waals surface area contributed by atoms with Gasteiger partial charge in [-0.15, -0.1) is 0 Å². The minimum atomic E-state index is -3.54. The maximum atomic E-state index is 12.6. The Labute approximate surface area is 227 Å². The van der Waals surface area contributed by atoms with Gasteiger partial charge >= 0.3 is 0 Å². The Morgan fingerprint density at radius 2 is 1.79 bits per heavy atom. The summed E-state index contributed by atoms with van der Waals surface area (Å²) < 4.78 is 30.0. The number of hydrogen-bond donors (Lipinski definition) is 3. The van der Waals surface area contributed by atoms with Gasteiger partial charge in [0, 0.05) is 35.5 Å². The molecule has 0 aliphatic heterocycles. The summed E-state index contributed by atoms with van der Waals surface area (Å²) in [4.78, 5) is 21.8. The highest BCUT2D eigenvalue weighted by atomic mass is 32.2. The lowest BCUT2D eigenvalue weighted by Gasteiger charge is -2.14. The Bertz CT molecular complexity index is 1670. The molecule has 2 heterocycles. The second kappa shape index (κ2) is 9.77. The summed E-state index contributed by atoms with van der Waals surface area (Å²) in [6.07, 6.45) is 7.60. The Kier molecular flexibility index (Phi) is 6.39. The topological polar surface area (TPSA) is 131 Å². The van der Waals surface area contributed by atoms with E-state index in [9.17, 15) is 13.2 Å². The maximum Gasteiger partial charge on any atom is 0.248 e. The van der Waals surface area contributed by atoms with Gasteiger partial charge in [0.05, 0.1) is 22.5 Å². The van der Waals surface area contributed by atoms with Crippen LogP contribution < -0.4 is 15.8 Å². The Balaban J connectivity index is 1.43. The molecule has 2 aliphatic carbocycles. The van der Waals surface area contributed by atoms with Gasteiger partial charge in [0.1, 0.15) is 0 Å². The van der Waals surface area contributed by atoms with Crippen molar-refractivity contribution in [3.05, 3.63) is 66.0 Å². The minimum Gasteiger partial charge on any atom is -0.367 e. The predicted molar refractivity (Wildman–Crippen MR) is 151 cm³/mol. The first-order valence-corrected chi connectivity index (χ1v) is 14.9. The van der Waals surface area contributed by atoms with Gasteiger partial charge in [-0.1, -0.05) is 32.0 Å². The summed E-state index contributed by atoms with van der Waals surface area (Å²) in [5.41, 5.74) is 11.2. The van der Waals surface area contributed by atoms with E-state index in [1.807, 2.05) is 22.9 Å². The summed E-state index contributed by atoms with van der Waals surface area (Å²) in [5.74, 6) is 0.994. The highest BCUT2D eigenvalue weighted by Gasteiger charge is 2.29. The zero-order valence-electron chi connectivity index (χ0n) is 22.0. The SMILES string of the molecule is CC(C)CNc1nc(-c2ccc(S(=O)(=O)NC3CC3)cc2)cn2c(-c3ccc(C(N)=O)c(C4CC4)c3)cnc12. The number of aromatic nitrogens is 3. The second-order valence-corrected chi connectivity index (χ2v) is 12.7. The van der Waals surface area contributed by atoms with Crippen molar-refractivity contribution in [1.29, 1.82) is 0 Å². The van der Waals surface area contributed by atoms with Gasteiger partial charge in [-0.3, -0.25) is 9.20 Å². The van der Waals surface area contributed by atoms with Crippen LogP contribution in [-0.4, -0.2) is 41.3 Å². The molecule has 1 amide bonds. The molecule has 2 aliphatic rings. The first kappa shape index (κ1) is 25.5. The standard InChI is InChI=1S/C29H32N6O3S/c1-17(2)14-31-28-29-32-15-26(20-7-12-23(27(30)36)24(13-20)18-3-4-18)35(29)16-25(33-28)19-5-10-22(11-6-19)39(37,38)34-21-8-9-21/h5-7,10-13,15-18,21,34H,3-4,8-9,14H2,1-2H3,(H2,30,36)(H,31,33). The Morgan fingerprint density at radius 3 is 2.44 bits per heavy atom. The van der Waals surface area contributed by atoms with Gasteiger partial charge in [0.25, 0.3) is 0 Å². The minimum absolute atomic E-state index is 0.0467. The summed E-state index contributed by atoms with van der Waals surface area (Å²) in [6.45, 7) is 4.97. The van der Waals surface area contributed by atoms with Crippen molar-refractivity contribution in [2.24, 2.45) is 11.7 Å². The highest BCUT2D eigenvalue weighted by Crippen LogP contribution is 2.43. The number of nitrogens with zero attached hydrogens (tertiary/aromatic N) is 3. The predicted octanol–water partition coefficient (Wildman–Crippen LogP) is 4.55. The van der Waals surface area contributed by atoms with Crippen LogP contribution in [0.1, 0.15) is 61.4 Å². The fraction of sp³-hybridized carbons (Fsp3) is 0.345. The van der Waals surface area contributed by atoms with Crippen molar-refractivity contribution in [1.82, 2.24) is 19.1 Å². The second-order valence-electron chi connectivity index (χ2n) is 10.9. The van der Waals surface area contributed by atoms with E-state index in [1.54, 1.807) is 30.3 Å². The number of nitrogens with two attached hydrogens (primary N) is 1. The van der Waals surface area contributed by atoms with E-state index in [0.717, 1.165) is 54.6 Å². The van der Waals surface area contributed by atoms with Crippen molar-refractivity contribution >= 4 is 27.4 Å². The number of rotatable bonds is 10. The summed E-state index contributed by atoms with van der Waals surface area (Å²) in [7, 11) is -3.54. The van der Waals surface area contributed by atoms with E-state index in [4.69, 9.17) is 15.7 Å². The quantitative estimate of drug-likeness (QED) is 0.268. The van der Waals surface area contributed by atoms with E-state index in [1.165, 1.54) is 0 Å².